The molecule has 0 aromatic heterocycles. The van der Waals surface area contributed by atoms with Crippen LogP contribution >= 0.6 is 0 Å². The van der Waals surface area contributed by atoms with Gasteiger partial charge in [-0.3, -0.25) is 0 Å². The standard InChI is InChI=1S/C9H17NO2/c1-6(10)8-9(7-2-3-7)12-5-4-11-8/h6-9H,2-5,10H2,1H3/t6-,8-,9+/m0/s1. The van der Waals surface area contributed by atoms with Gasteiger partial charge in [0.05, 0.1) is 25.4 Å². The molecule has 0 radical (unpaired) electrons. The van der Waals surface area contributed by atoms with E-state index in [1.165, 1.54) is 12.8 Å². The Morgan fingerprint density at radius 3 is 2.50 bits per heavy atom. The Morgan fingerprint density at radius 1 is 1.25 bits per heavy atom. The van der Waals surface area contributed by atoms with Crippen LogP contribution in [0.1, 0.15) is 19.8 Å². The molecule has 1 saturated heterocycles. The minimum Gasteiger partial charge on any atom is -0.373 e. The summed E-state index contributed by atoms with van der Waals surface area (Å²) >= 11 is 0. The van der Waals surface area contributed by atoms with E-state index in [1.54, 1.807) is 0 Å². The van der Waals surface area contributed by atoms with E-state index in [1.807, 2.05) is 6.92 Å². The minimum absolute atomic E-state index is 0.0934. The van der Waals surface area contributed by atoms with E-state index in [9.17, 15) is 0 Å². The Morgan fingerprint density at radius 2 is 1.92 bits per heavy atom. The summed E-state index contributed by atoms with van der Waals surface area (Å²) in [4.78, 5) is 0. The highest BCUT2D eigenvalue weighted by Gasteiger charge is 2.41. The fourth-order valence-corrected chi connectivity index (χ4v) is 1.84. The van der Waals surface area contributed by atoms with Gasteiger partial charge in [0.15, 0.2) is 0 Å². The number of ether oxygens (including phenoxy) is 2. The summed E-state index contributed by atoms with van der Waals surface area (Å²) in [7, 11) is 0. The van der Waals surface area contributed by atoms with Crippen LogP contribution in [0.3, 0.4) is 0 Å². The maximum absolute atomic E-state index is 5.82. The van der Waals surface area contributed by atoms with Crippen LogP contribution in [0.25, 0.3) is 0 Å². The van der Waals surface area contributed by atoms with Gasteiger partial charge in [0.1, 0.15) is 0 Å². The van der Waals surface area contributed by atoms with Gasteiger partial charge >= 0.3 is 0 Å². The lowest BCUT2D eigenvalue weighted by Crippen LogP contribution is -2.49. The van der Waals surface area contributed by atoms with Crippen molar-refractivity contribution in [2.24, 2.45) is 11.7 Å². The zero-order valence-corrected chi connectivity index (χ0v) is 7.53. The van der Waals surface area contributed by atoms with Gasteiger partial charge in [-0.15, -0.1) is 0 Å². The number of hydrogen-bond donors (Lipinski definition) is 1. The predicted octanol–water partition coefficient (Wildman–Crippen LogP) is 0.528. The summed E-state index contributed by atoms with van der Waals surface area (Å²) in [5.41, 5.74) is 5.82. The molecule has 2 fully saturated rings. The molecule has 2 N–H and O–H groups in total. The van der Waals surface area contributed by atoms with Crippen LogP contribution < -0.4 is 5.73 Å². The van der Waals surface area contributed by atoms with E-state index >= 15 is 0 Å². The second kappa shape index (κ2) is 3.32. The van der Waals surface area contributed by atoms with Gasteiger partial charge in [0, 0.05) is 6.04 Å². The average Bonchev–Trinajstić information content (AvgIpc) is 2.87. The van der Waals surface area contributed by atoms with Crippen molar-refractivity contribution < 1.29 is 9.47 Å². The molecule has 0 spiro atoms. The Kier molecular flexibility index (Phi) is 2.35. The summed E-state index contributed by atoms with van der Waals surface area (Å²) in [5.74, 6) is 0.723. The molecule has 1 heterocycles. The summed E-state index contributed by atoms with van der Waals surface area (Å²) < 4.78 is 11.3. The average molecular weight is 171 g/mol. The van der Waals surface area contributed by atoms with Crippen LogP contribution in [0.4, 0.5) is 0 Å². The highest BCUT2D eigenvalue weighted by molar-refractivity contribution is 4.92. The predicted molar refractivity (Wildman–Crippen MR) is 45.9 cm³/mol. The first-order chi connectivity index (χ1) is 5.79. The smallest absolute Gasteiger partial charge is 0.0988 e. The summed E-state index contributed by atoms with van der Waals surface area (Å²) in [6, 6.07) is 0.0934. The van der Waals surface area contributed by atoms with Crippen molar-refractivity contribution in [3.63, 3.8) is 0 Å². The van der Waals surface area contributed by atoms with Crippen molar-refractivity contribution in [2.75, 3.05) is 13.2 Å². The Labute approximate surface area is 73.2 Å². The third-order valence-electron chi connectivity index (χ3n) is 2.63. The molecule has 12 heavy (non-hydrogen) atoms. The molecule has 0 unspecified atom stereocenters. The molecular weight excluding hydrogens is 154 g/mol. The van der Waals surface area contributed by atoms with E-state index in [0.29, 0.717) is 6.61 Å². The molecule has 1 saturated carbocycles. The van der Waals surface area contributed by atoms with Gasteiger partial charge in [-0.2, -0.15) is 0 Å². The second-order valence-electron chi connectivity index (χ2n) is 3.87. The van der Waals surface area contributed by atoms with Crippen LogP contribution in [-0.4, -0.2) is 31.5 Å². The van der Waals surface area contributed by atoms with Gasteiger partial charge in [-0.1, -0.05) is 0 Å². The molecule has 3 heteroatoms. The number of rotatable bonds is 2. The van der Waals surface area contributed by atoms with Gasteiger partial charge < -0.3 is 15.2 Å². The SMILES string of the molecule is C[C@H](N)[C@@H]1OCCO[C@@H]1C1CC1. The van der Waals surface area contributed by atoms with Crippen molar-refractivity contribution in [3.05, 3.63) is 0 Å². The van der Waals surface area contributed by atoms with Crippen LogP contribution in [0, 0.1) is 5.92 Å². The highest BCUT2D eigenvalue weighted by atomic mass is 16.6. The van der Waals surface area contributed by atoms with Gasteiger partial charge in [0.2, 0.25) is 0 Å². The zero-order chi connectivity index (χ0) is 8.55. The lowest BCUT2D eigenvalue weighted by atomic mass is 10.0. The summed E-state index contributed by atoms with van der Waals surface area (Å²) in [6.45, 7) is 3.44. The van der Waals surface area contributed by atoms with Crippen molar-refractivity contribution in [1.29, 1.82) is 0 Å². The number of hydrogen-bond acceptors (Lipinski definition) is 3. The molecule has 0 aromatic carbocycles. The monoisotopic (exact) mass is 171 g/mol. The molecule has 2 aliphatic rings. The molecule has 3 nitrogen and oxygen atoms in total. The van der Waals surface area contributed by atoms with E-state index in [4.69, 9.17) is 15.2 Å². The van der Waals surface area contributed by atoms with E-state index in [2.05, 4.69) is 0 Å². The van der Waals surface area contributed by atoms with Crippen LogP contribution in [0.5, 0.6) is 0 Å². The molecule has 70 valence electrons. The van der Waals surface area contributed by atoms with Gasteiger partial charge in [-0.05, 0) is 25.7 Å². The first kappa shape index (κ1) is 8.48. The van der Waals surface area contributed by atoms with Crippen LogP contribution in [0.15, 0.2) is 0 Å². The van der Waals surface area contributed by atoms with Gasteiger partial charge in [0.25, 0.3) is 0 Å². The summed E-state index contributed by atoms with van der Waals surface area (Å²) in [6.07, 6.45) is 2.99. The lowest BCUT2D eigenvalue weighted by Gasteiger charge is -2.34. The van der Waals surface area contributed by atoms with Crippen molar-refractivity contribution >= 4 is 0 Å². The van der Waals surface area contributed by atoms with Crippen molar-refractivity contribution in [1.82, 2.24) is 0 Å². The maximum Gasteiger partial charge on any atom is 0.0988 e. The molecule has 1 aliphatic carbocycles. The van der Waals surface area contributed by atoms with E-state index in [0.717, 1.165) is 12.5 Å². The molecule has 0 amide bonds. The largest absolute Gasteiger partial charge is 0.373 e. The zero-order valence-electron chi connectivity index (χ0n) is 7.53. The third-order valence-corrected chi connectivity index (χ3v) is 2.63. The molecular formula is C9H17NO2. The van der Waals surface area contributed by atoms with Crippen LogP contribution in [-0.2, 0) is 9.47 Å². The first-order valence-electron chi connectivity index (χ1n) is 4.78. The lowest BCUT2D eigenvalue weighted by molar-refractivity contribution is -0.152. The topological polar surface area (TPSA) is 44.5 Å². The molecule has 1 aliphatic heterocycles. The van der Waals surface area contributed by atoms with Crippen LogP contribution in [0.2, 0.25) is 0 Å². The van der Waals surface area contributed by atoms with Crippen molar-refractivity contribution in [2.45, 2.75) is 38.0 Å². The Bertz CT molecular complexity index is 147. The van der Waals surface area contributed by atoms with Gasteiger partial charge in [-0.25, -0.2) is 0 Å². The number of nitrogens with two attached hydrogens (primary N) is 1. The Hall–Kier alpha value is -0.120. The van der Waals surface area contributed by atoms with E-state index in [-0.39, 0.29) is 18.2 Å². The molecule has 0 bridgehead atoms. The Balaban J connectivity index is 1.96. The molecule has 3 atom stereocenters. The van der Waals surface area contributed by atoms with Crippen molar-refractivity contribution in [3.8, 4) is 0 Å². The fraction of sp³-hybridized carbons (Fsp3) is 1.00. The summed E-state index contributed by atoms with van der Waals surface area (Å²) in [5, 5.41) is 0. The first-order valence-corrected chi connectivity index (χ1v) is 4.78. The molecule has 0 aromatic rings. The quantitative estimate of drug-likeness (QED) is 0.659. The maximum atomic E-state index is 5.82. The normalized spacial score (nSPS) is 39.5. The second-order valence-corrected chi connectivity index (χ2v) is 3.87. The molecule has 2 rings (SSSR count). The third kappa shape index (κ3) is 1.63. The van der Waals surface area contributed by atoms with E-state index < -0.39 is 0 Å². The minimum atomic E-state index is 0.0934. The fourth-order valence-electron chi connectivity index (χ4n) is 1.84. The highest BCUT2D eigenvalue weighted by Crippen LogP contribution is 2.38.